The molecule has 1 aliphatic rings. The molecule has 1 atom stereocenters. The molecule has 1 aliphatic heterocycles. The highest BCUT2D eigenvalue weighted by atomic mass is 35.5. The van der Waals surface area contributed by atoms with E-state index in [-0.39, 0.29) is 21.9 Å². The quantitative estimate of drug-likeness (QED) is 0.572. The van der Waals surface area contributed by atoms with Crippen molar-refractivity contribution in [3.05, 3.63) is 52.5 Å². The van der Waals surface area contributed by atoms with Gasteiger partial charge in [0.25, 0.3) is 0 Å². The molecule has 1 heterocycles. The van der Waals surface area contributed by atoms with E-state index in [2.05, 4.69) is 10.6 Å². The number of hydrogen-bond donors (Lipinski definition) is 2. The Labute approximate surface area is 177 Å². The lowest BCUT2D eigenvalue weighted by Crippen LogP contribution is -2.42. The van der Waals surface area contributed by atoms with Crippen LogP contribution in [0.25, 0.3) is 0 Å². The maximum atomic E-state index is 13.1. The number of methoxy groups -OCH3 is 1. The van der Waals surface area contributed by atoms with E-state index in [4.69, 9.17) is 33.3 Å². The van der Waals surface area contributed by atoms with Gasteiger partial charge in [-0.25, -0.2) is 0 Å². The van der Waals surface area contributed by atoms with E-state index in [1.807, 2.05) is 26.0 Å². The monoisotopic (exact) mass is 444 g/mol. The Balaban J connectivity index is 1.79. The lowest BCUT2D eigenvalue weighted by Gasteiger charge is -2.38. The molecule has 0 aromatic heterocycles. The first-order chi connectivity index (χ1) is 13.5. The van der Waals surface area contributed by atoms with Gasteiger partial charge in [-0.15, -0.1) is 0 Å². The lowest BCUT2D eigenvalue weighted by atomic mass is 9.89. The van der Waals surface area contributed by atoms with Gasteiger partial charge in [-0.05, 0) is 56.4 Å². The summed E-state index contributed by atoms with van der Waals surface area (Å²) in [6.45, 7) is 3.91. The largest absolute Gasteiger partial charge is 0.497 e. The molecule has 2 aromatic carbocycles. The number of alkyl halides is 3. The third kappa shape index (κ3) is 5.05. The van der Waals surface area contributed by atoms with Crippen LogP contribution in [0.15, 0.2) is 36.4 Å². The molecule has 0 bridgehead atoms. The average molecular weight is 445 g/mol. The zero-order valence-electron chi connectivity index (χ0n) is 16.0. The van der Waals surface area contributed by atoms with Gasteiger partial charge in [0, 0.05) is 23.7 Å². The number of anilines is 1. The normalized spacial score (nSPS) is 17.7. The number of rotatable bonds is 3. The number of nitrogens with one attached hydrogen (secondary N) is 2. The van der Waals surface area contributed by atoms with E-state index >= 15 is 0 Å². The van der Waals surface area contributed by atoms with Crippen molar-refractivity contribution in [2.75, 3.05) is 12.4 Å². The van der Waals surface area contributed by atoms with E-state index in [0.29, 0.717) is 17.9 Å². The Bertz CT molecular complexity index is 934. The van der Waals surface area contributed by atoms with Gasteiger partial charge >= 0.3 is 6.18 Å². The molecule has 0 radical (unpaired) electrons. The minimum absolute atomic E-state index is 0.186. The number of ether oxygens (including phenoxy) is 2. The van der Waals surface area contributed by atoms with Crippen LogP contribution in [0.3, 0.4) is 0 Å². The summed E-state index contributed by atoms with van der Waals surface area (Å²) in [5, 5.41) is 5.81. The van der Waals surface area contributed by atoms with Crippen LogP contribution in [0.4, 0.5) is 18.9 Å². The predicted molar refractivity (Wildman–Crippen MR) is 111 cm³/mol. The predicted octanol–water partition coefficient (Wildman–Crippen LogP) is 5.96. The zero-order chi connectivity index (χ0) is 21.4. The Morgan fingerprint density at radius 3 is 2.62 bits per heavy atom. The molecule has 0 saturated heterocycles. The maximum absolute atomic E-state index is 13.1. The Morgan fingerprint density at radius 1 is 1.24 bits per heavy atom. The molecule has 0 unspecified atom stereocenters. The first kappa shape index (κ1) is 21.5. The SMILES string of the molecule is COc1ccc2c(c1)OC(C)(C)C[C@@H]2NC(=S)Nc1ccc(Cl)c(C(F)(F)F)c1. The van der Waals surface area contributed by atoms with Gasteiger partial charge in [-0.1, -0.05) is 11.6 Å². The smallest absolute Gasteiger partial charge is 0.417 e. The molecule has 2 aromatic rings. The molecule has 0 spiro atoms. The molecule has 4 nitrogen and oxygen atoms in total. The summed E-state index contributed by atoms with van der Waals surface area (Å²) in [6, 6.07) is 8.88. The summed E-state index contributed by atoms with van der Waals surface area (Å²) < 4.78 is 50.5. The van der Waals surface area contributed by atoms with Crippen LogP contribution < -0.4 is 20.1 Å². The Kier molecular flexibility index (Phi) is 5.87. The fourth-order valence-electron chi connectivity index (χ4n) is 3.23. The minimum Gasteiger partial charge on any atom is -0.497 e. The highest BCUT2D eigenvalue weighted by Gasteiger charge is 2.35. The van der Waals surface area contributed by atoms with Crippen LogP contribution in [0.2, 0.25) is 5.02 Å². The molecule has 0 aliphatic carbocycles. The van der Waals surface area contributed by atoms with Crippen molar-refractivity contribution in [1.82, 2.24) is 5.32 Å². The van der Waals surface area contributed by atoms with Crippen LogP contribution >= 0.6 is 23.8 Å². The van der Waals surface area contributed by atoms with Crippen molar-refractivity contribution in [1.29, 1.82) is 0 Å². The minimum atomic E-state index is -4.55. The standard InChI is InChI=1S/C20H20ClF3N2O2S/c1-19(2)10-16(13-6-5-12(27-3)9-17(13)28-19)26-18(29)25-11-4-7-15(21)14(8-11)20(22,23)24/h4-9,16H,10H2,1-3H3,(H2,25,26,29)/t16-/m0/s1. The highest BCUT2D eigenvalue weighted by molar-refractivity contribution is 7.80. The molecule has 0 amide bonds. The summed E-state index contributed by atoms with van der Waals surface area (Å²) in [5.41, 5.74) is -0.297. The molecule has 9 heteroatoms. The highest BCUT2D eigenvalue weighted by Crippen LogP contribution is 2.41. The number of hydrogen-bond acceptors (Lipinski definition) is 3. The van der Waals surface area contributed by atoms with E-state index in [1.54, 1.807) is 13.2 Å². The van der Waals surface area contributed by atoms with Crippen molar-refractivity contribution in [3.8, 4) is 11.5 Å². The van der Waals surface area contributed by atoms with Crippen LogP contribution in [0.5, 0.6) is 11.5 Å². The van der Waals surface area contributed by atoms with Gasteiger partial charge in [0.15, 0.2) is 5.11 Å². The van der Waals surface area contributed by atoms with Gasteiger partial charge in [0.1, 0.15) is 17.1 Å². The van der Waals surface area contributed by atoms with Crippen molar-refractivity contribution < 1.29 is 22.6 Å². The fraction of sp³-hybridized carbons (Fsp3) is 0.350. The molecule has 0 saturated carbocycles. The molecular formula is C20H20ClF3N2O2S. The molecular weight excluding hydrogens is 425 g/mol. The summed E-state index contributed by atoms with van der Waals surface area (Å²) >= 11 is 11.0. The summed E-state index contributed by atoms with van der Waals surface area (Å²) in [6.07, 6.45) is -3.94. The molecule has 156 valence electrons. The third-order valence-corrected chi connectivity index (χ3v) is 5.06. The van der Waals surface area contributed by atoms with Gasteiger partial charge < -0.3 is 20.1 Å². The second-order valence-corrected chi connectivity index (χ2v) is 8.13. The van der Waals surface area contributed by atoms with E-state index < -0.39 is 17.3 Å². The number of benzene rings is 2. The maximum Gasteiger partial charge on any atom is 0.417 e. The summed E-state index contributed by atoms with van der Waals surface area (Å²) in [7, 11) is 1.58. The fourth-order valence-corrected chi connectivity index (χ4v) is 3.72. The Morgan fingerprint density at radius 2 is 1.97 bits per heavy atom. The van der Waals surface area contributed by atoms with E-state index in [0.717, 1.165) is 11.6 Å². The topological polar surface area (TPSA) is 42.5 Å². The van der Waals surface area contributed by atoms with Crippen LogP contribution in [-0.2, 0) is 6.18 Å². The van der Waals surface area contributed by atoms with E-state index in [1.165, 1.54) is 12.1 Å². The van der Waals surface area contributed by atoms with Crippen LogP contribution in [0.1, 0.15) is 37.4 Å². The summed E-state index contributed by atoms with van der Waals surface area (Å²) in [5.74, 6) is 1.34. The number of fused-ring (bicyclic) bond motifs is 1. The molecule has 2 N–H and O–H groups in total. The van der Waals surface area contributed by atoms with Crippen LogP contribution in [-0.4, -0.2) is 17.8 Å². The van der Waals surface area contributed by atoms with Crippen molar-refractivity contribution in [3.63, 3.8) is 0 Å². The van der Waals surface area contributed by atoms with Crippen molar-refractivity contribution >= 4 is 34.6 Å². The second-order valence-electron chi connectivity index (χ2n) is 7.31. The average Bonchev–Trinajstić information content (AvgIpc) is 2.60. The molecule has 29 heavy (non-hydrogen) atoms. The molecule has 0 fully saturated rings. The third-order valence-electron chi connectivity index (χ3n) is 4.51. The van der Waals surface area contributed by atoms with Gasteiger partial charge in [-0.2, -0.15) is 13.2 Å². The van der Waals surface area contributed by atoms with E-state index in [9.17, 15) is 13.2 Å². The van der Waals surface area contributed by atoms with Crippen molar-refractivity contribution in [2.24, 2.45) is 0 Å². The first-order valence-electron chi connectivity index (χ1n) is 8.80. The first-order valence-corrected chi connectivity index (χ1v) is 9.58. The second kappa shape index (κ2) is 7.91. The van der Waals surface area contributed by atoms with Gasteiger partial charge in [0.05, 0.1) is 23.7 Å². The van der Waals surface area contributed by atoms with Gasteiger partial charge in [0.2, 0.25) is 0 Å². The van der Waals surface area contributed by atoms with Crippen LogP contribution in [0, 0.1) is 0 Å². The lowest BCUT2D eigenvalue weighted by molar-refractivity contribution is -0.137. The zero-order valence-corrected chi connectivity index (χ0v) is 17.6. The summed E-state index contributed by atoms with van der Waals surface area (Å²) in [4.78, 5) is 0. The Hall–Kier alpha value is -2.19. The number of halogens is 4. The van der Waals surface area contributed by atoms with Gasteiger partial charge in [-0.3, -0.25) is 0 Å². The van der Waals surface area contributed by atoms with Crippen molar-refractivity contribution in [2.45, 2.75) is 38.1 Å². The molecule has 3 rings (SSSR count). The number of thiocarbonyl (C=S) groups is 1.